The van der Waals surface area contributed by atoms with Crippen LogP contribution in [0.3, 0.4) is 0 Å². The standard InChI is InChI=1S/C26H24FN3O4.C2H6OS.CH4/c1-13-8-16(28)6-7-17(13)14-2-4-15(5-3-14)24-18(27)9-19-20(30-24)10-23(29-19)34-22-12-33-25-21(31)11-32-26(22)25;1-4(2)3;/h2-10,21-22,25-26,29,31H,11-12,28H2,1H3;1-2H3;1H4/t21-,22-,25?,26-;;/m1../s1. The summed E-state index contributed by atoms with van der Waals surface area (Å²) >= 11 is 0. The lowest BCUT2D eigenvalue weighted by atomic mass is 9.98. The van der Waals surface area contributed by atoms with Crippen LogP contribution in [0.4, 0.5) is 10.1 Å². The van der Waals surface area contributed by atoms with Crippen molar-refractivity contribution in [1.29, 1.82) is 0 Å². The first kappa shape index (κ1) is 28.7. The molecule has 1 unspecified atom stereocenters. The van der Waals surface area contributed by atoms with Crippen molar-refractivity contribution in [2.24, 2.45) is 0 Å². The van der Waals surface area contributed by atoms with Gasteiger partial charge in [0.15, 0.2) is 17.8 Å². The van der Waals surface area contributed by atoms with Gasteiger partial charge in [-0.1, -0.05) is 37.8 Å². The molecule has 0 aliphatic carbocycles. The number of rotatable bonds is 4. The highest BCUT2D eigenvalue weighted by molar-refractivity contribution is 7.83. The molecule has 2 aromatic carbocycles. The molecule has 4 atom stereocenters. The van der Waals surface area contributed by atoms with Gasteiger partial charge in [-0.05, 0) is 35.7 Å². The van der Waals surface area contributed by atoms with Crippen LogP contribution in [0, 0.1) is 12.7 Å². The Morgan fingerprint density at radius 1 is 1.05 bits per heavy atom. The lowest BCUT2D eigenvalue weighted by Crippen LogP contribution is -2.34. The summed E-state index contributed by atoms with van der Waals surface area (Å²) in [6.45, 7) is 2.56. The van der Waals surface area contributed by atoms with Crippen molar-refractivity contribution < 1.29 is 27.9 Å². The number of pyridine rings is 1. The third-order valence-corrected chi connectivity index (χ3v) is 6.51. The van der Waals surface area contributed by atoms with E-state index in [4.69, 9.17) is 19.9 Å². The predicted octanol–water partition coefficient (Wildman–Crippen LogP) is 4.46. The Morgan fingerprint density at radius 2 is 1.72 bits per heavy atom. The van der Waals surface area contributed by atoms with Gasteiger partial charge in [-0.2, -0.15) is 0 Å². The number of anilines is 1. The van der Waals surface area contributed by atoms with Gasteiger partial charge in [-0.15, -0.1) is 0 Å². The molecule has 0 radical (unpaired) electrons. The van der Waals surface area contributed by atoms with E-state index in [1.165, 1.54) is 6.07 Å². The van der Waals surface area contributed by atoms with Gasteiger partial charge in [0.1, 0.15) is 24.0 Å². The summed E-state index contributed by atoms with van der Waals surface area (Å²) in [6, 6.07) is 16.6. The van der Waals surface area contributed by atoms with Crippen LogP contribution in [-0.4, -0.2) is 69.4 Å². The number of fused-ring (bicyclic) bond motifs is 2. The van der Waals surface area contributed by atoms with E-state index in [1.807, 2.05) is 49.4 Å². The molecular weight excluding hydrogens is 521 g/mol. The minimum absolute atomic E-state index is 0. The number of benzene rings is 2. The first-order valence-corrected chi connectivity index (χ1v) is 14.2. The van der Waals surface area contributed by atoms with Gasteiger partial charge >= 0.3 is 0 Å². The van der Waals surface area contributed by atoms with Crippen molar-refractivity contribution in [3.8, 4) is 28.3 Å². The number of H-pyrrole nitrogens is 1. The number of aromatic nitrogens is 2. The SMILES string of the molecule is C.CS(C)=O.Cc1cc(N)ccc1-c1ccc(-c2nc3cc(O[C@@H]4COC5[C@H](O)CO[C@@H]54)[nH]c3cc2F)cc1. The molecule has 39 heavy (non-hydrogen) atoms. The number of halogens is 1. The number of hydrogen-bond acceptors (Lipinski definition) is 7. The molecule has 0 bridgehead atoms. The number of nitrogens with two attached hydrogens (primary N) is 1. The summed E-state index contributed by atoms with van der Waals surface area (Å²) < 4.78 is 41.7. The van der Waals surface area contributed by atoms with E-state index in [0.717, 1.165) is 22.4 Å². The van der Waals surface area contributed by atoms with Crippen molar-refractivity contribution in [2.75, 3.05) is 31.5 Å². The Bertz CT molecular complexity index is 1470. The van der Waals surface area contributed by atoms with Gasteiger partial charge in [-0.25, -0.2) is 9.37 Å². The van der Waals surface area contributed by atoms with E-state index in [9.17, 15) is 13.7 Å². The summed E-state index contributed by atoms with van der Waals surface area (Å²) in [4.78, 5) is 7.61. The van der Waals surface area contributed by atoms with Crippen LogP contribution in [0.1, 0.15) is 13.0 Å². The Hall–Kier alpha value is -3.31. The lowest BCUT2D eigenvalue weighted by molar-refractivity contribution is 0.00794. The van der Waals surface area contributed by atoms with E-state index in [0.29, 0.717) is 29.1 Å². The van der Waals surface area contributed by atoms with Gasteiger partial charge in [-0.3, -0.25) is 4.21 Å². The predicted molar refractivity (Wildman–Crippen MR) is 153 cm³/mol. The molecule has 4 aromatic rings. The molecular formula is C29H34FN3O5S. The van der Waals surface area contributed by atoms with E-state index < -0.39 is 22.7 Å². The molecule has 2 saturated heterocycles. The number of aryl methyl sites for hydroxylation is 1. The molecule has 2 fully saturated rings. The monoisotopic (exact) mass is 555 g/mol. The summed E-state index contributed by atoms with van der Waals surface area (Å²) in [6.07, 6.45) is 1.57. The Labute approximate surface area is 229 Å². The van der Waals surface area contributed by atoms with Crippen LogP contribution in [0.15, 0.2) is 54.6 Å². The minimum atomic E-state index is -0.644. The van der Waals surface area contributed by atoms with E-state index in [2.05, 4.69) is 9.97 Å². The first-order chi connectivity index (χ1) is 18.2. The van der Waals surface area contributed by atoms with Crippen LogP contribution < -0.4 is 10.5 Å². The zero-order valence-electron chi connectivity index (χ0n) is 21.3. The van der Waals surface area contributed by atoms with Crippen molar-refractivity contribution in [3.05, 3.63) is 66.0 Å². The fraction of sp³-hybridized carbons (Fsp3) is 0.345. The van der Waals surface area contributed by atoms with Crippen LogP contribution in [0.2, 0.25) is 0 Å². The summed E-state index contributed by atoms with van der Waals surface area (Å²) in [7, 11) is -0.611. The average molecular weight is 556 g/mol. The Morgan fingerprint density at radius 3 is 2.41 bits per heavy atom. The molecule has 10 heteroatoms. The molecule has 8 nitrogen and oxygen atoms in total. The highest BCUT2D eigenvalue weighted by Crippen LogP contribution is 2.33. The second-order valence-electron chi connectivity index (χ2n) is 9.60. The zero-order valence-corrected chi connectivity index (χ0v) is 22.1. The highest BCUT2D eigenvalue weighted by atomic mass is 32.2. The zero-order chi connectivity index (χ0) is 27.0. The number of nitrogen functional groups attached to an aromatic ring is 1. The van der Waals surface area contributed by atoms with Gasteiger partial charge in [0.05, 0.1) is 24.2 Å². The molecule has 2 aliphatic rings. The topological polar surface area (TPSA) is 120 Å². The van der Waals surface area contributed by atoms with Gasteiger partial charge in [0.2, 0.25) is 0 Å². The van der Waals surface area contributed by atoms with Crippen LogP contribution in [0.25, 0.3) is 33.4 Å². The summed E-state index contributed by atoms with van der Waals surface area (Å²) in [5.41, 5.74) is 11.8. The van der Waals surface area contributed by atoms with E-state index >= 15 is 0 Å². The highest BCUT2D eigenvalue weighted by Gasteiger charge is 2.48. The molecule has 0 amide bonds. The fourth-order valence-electron chi connectivity index (χ4n) is 4.80. The molecule has 4 heterocycles. The number of aliphatic hydroxyl groups is 1. The largest absolute Gasteiger partial charge is 0.470 e. The number of aliphatic hydroxyl groups excluding tert-OH is 1. The molecule has 2 aliphatic heterocycles. The Balaban J connectivity index is 0.000000662. The number of nitrogens with zero attached hydrogens (tertiary/aromatic N) is 1. The molecule has 2 aromatic heterocycles. The average Bonchev–Trinajstić information content (AvgIpc) is 3.55. The smallest absolute Gasteiger partial charge is 0.193 e. The van der Waals surface area contributed by atoms with Crippen molar-refractivity contribution in [1.82, 2.24) is 9.97 Å². The number of ether oxygens (including phenoxy) is 3. The molecule has 0 spiro atoms. The van der Waals surface area contributed by atoms with Crippen molar-refractivity contribution in [3.63, 3.8) is 0 Å². The maximum atomic E-state index is 15.0. The number of hydrogen-bond donors (Lipinski definition) is 3. The quantitative estimate of drug-likeness (QED) is 0.318. The number of nitrogens with one attached hydrogen (secondary N) is 1. The fourth-order valence-corrected chi connectivity index (χ4v) is 4.80. The van der Waals surface area contributed by atoms with E-state index in [1.54, 1.807) is 18.6 Å². The van der Waals surface area contributed by atoms with Crippen LogP contribution >= 0.6 is 0 Å². The lowest BCUT2D eigenvalue weighted by Gasteiger charge is -2.16. The van der Waals surface area contributed by atoms with Crippen molar-refractivity contribution in [2.45, 2.75) is 38.8 Å². The second kappa shape index (κ2) is 11.8. The second-order valence-corrected chi connectivity index (χ2v) is 11.1. The maximum absolute atomic E-state index is 15.0. The third-order valence-electron chi connectivity index (χ3n) is 6.51. The third kappa shape index (κ3) is 6.14. The molecule has 208 valence electrons. The molecule has 0 saturated carbocycles. The van der Waals surface area contributed by atoms with Gasteiger partial charge in [0.25, 0.3) is 0 Å². The Kier molecular flexibility index (Phi) is 8.70. The minimum Gasteiger partial charge on any atom is -0.470 e. The maximum Gasteiger partial charge on any atom is 0.193 e. The normalized spacial score (nSPS) is 21.8. The van der Waals surface area contributed by atoms with Crippen LogP contribution in [0.5, 0.6) is 5.88 Å². The number of aromatic amines is 1. The van der Waals surface area contributed by atoms with E-state index in [-0.39, 0.29) is 38.0 Å². The van der Waals surface area contributed by atoms with Crippen LogP contribution in [-0.2, 0) is 20.3 Å². The molecule has 6 rings (SSSR count). The van der Waals surface area contributed by atoms with Gasteiger partial charge < -0.3 is 30.0 Å². The van der Waals surface area contributed by atoms with Gasteiger partial charge in [0, 0.05) is 46.7 Å². The molecule has 4 N–H and O–H groups in total. The first-order valence-electron chi connectivity index (χ1n) is 12.2. The van der Waals surface area contributed by atoms with Crippen molar-refractivity contribution >= 4 is 27.5 Å². The summed E-state index contributed by atoms with van der Waals surface area (Å²) in [5.74, 6) is 0.0243. The summed E-state index contributed by atoms with van der Waals surface area (Å²) in [5, 5.41) is 9.90.